The number of rotatable bonds is 5. The average molecular weight is 285 g/mol. The van der Waals surface area contributed by atoms with Gasteiger partial charge in [-0.2, -0.15) is 0 Å². The van der Waals surface area contributed by atoms with Crippen LogP contribution in [0.3, 0.4) is 0 Å². The van der Waals surface area contributed by atoms with Gasteiger partial charge in [-0.1, -0.05) is 0 Å². The molecule has 4 N–H and O–H groups in total. The highest BCUT2D eigenvalue weighted by Gasteiger charge is 2.23. The fourth-order valence-corrected chi connectivity index (χ4v) is 3.17. The van der Waals surface area contributed by atoms with Crippen LogP contribution in [-0.2, 0) is 10.0 Å². The van der Waals surface area contributed by atoms with Gasteiger partial charge in [-0.15, -0.1) is 0 Å². The van der Waals surface area contributed by atoms with Crippen molar-refractivity contribution in [2.75, 3.05) is 25.6 Å². The summed E-state index contributed by atoms with van der Waals surface area (Å²) in [6, 6.07) is 3.27. The molecule has 0 amide bonds. The molecular weight excluding hydrogens is 266 g/mol. The molecule has 7 nitrogen and oxygen atoms in total. The smallest absolute Gasteiger partial charge is 0.242 e. The Morgan fingerprint density at radius 3 is 2.84 bits per heavy atom. The van der Waals surface area contributed by atoms with Crippen LogP contribution in [0.15, 0.2) is 23.2 Å². The first kappa shape index (κ1) is 14.2. The molecule has 0 radical (unpaired) electrons. The number of nitrogens with one attached hydrogen (secondary N) is 2. The Kier molecular flexibility index (Phi) is 4.35. The van der Waals surface area contributed by atoms with E-state index in [-0.39, 0.29) is 10.9 Å². The lowest BCUT2D eigenvalue weighted by Crippen LogP contribution is -2.38. The highest BCUT2D eigenvalue weighted by molar-refractivity contribution is 7.89. The third-order valence-corrected chi connectivity index (χ3v) is 4.78. The summed E-state index contributed by atoms with van der Waals surface area (Å²) < 4.78 is 26.8. The number of nitrogens with two attached hydrogens (primary N) is 1. The summed E-state index contributed by atoms with van der Waals surface area (Å²) in [6.07, 6.45) is 3.42. The number of hydrazine groups is 1. The SMILES string of the molecule is CN1CCCC1CNS(=O)(=O)c1ccc(NN)nc1. The van der Waals surface area contributed by atoms with E-state index >= 15 is 0 Å². The van der Waals surface area contributed by atoms with Crippen molar-refractivity contribution in [3.05, 3.63) is 18.3 Å². The molecule has 1 aliphatic rings. The molecule has 1 aromatic rings. The van der Waals surface area contributed by atoms with Crippen LogP contribution in [0.5, 0.6) is 0 Å². The number of nitrogens with zero attached hydrogens (tertiary/aromatic N) is 2. The summed E-state index contributed by atoms with van der Waals surface area (Å²) in [5.41, 5.74) is 2.36. The average Bonchev–Trinajstić information content (AvgIpc) is 2.82. The Hall–Kier alpha value is -1.22. The van der Waals surface area contributed by atoms with Crippen LogP contribution in [0.1, 0.15) is 12.8 Å². The standard InChI is InChI=1S/C11H19N5O2S/c1-16-6-2-3-9(16)7-14-19(17,18)10-4-5-11(15-12)13-8-10/h4-5,8-9,14H,2-3,6-7,12H2,1H3,(H,13,15). The second-order valence-electron chi connectivity index (χ2n) is 4.65. The van der Waals surface area contributed by atoms with E-state index in [4.69, 9.17) is 5.84 Å². The summed E-state index contributed by atoms with van der Waals surface area (Å²) in [5, 5.41) is 0. The number of nitrogen functional groups attached to an aromatic ring is 1. The van der Waals surface area contributed by atoms with Crippen LogP contribution in [0.25, 0.3) is 0 Å². The van der Waals surface area contributed by atoms with Gasteiger partial charge in [-0.05, 0) is 38.6 Å². The number of hydrogen-bond donors (Lipinski definition) is 3. The molecule has 2 heterocycles. The Bertz CT molecular complexity index is 516. The second kappa shape index (κ2) is 5.83. The maximum atomic E-state index is 12.1. The lowest BCUT2D eigenvalue weighted by atomic mass is 10.2. The van der Waals surface area contributed by atoms with Gasteiger partial charge in [0.15, 0.2) is 0 Å². The summed E-state index contributed by atoms with van der Waals surface area (Å²) in [7, 11) is -1.49. The number of pyridine rings is 1. The molecule has 106 valence electrons. The molecule has 1 fully saturated rings. The van der Waals surface area contributed by atoms with E-state index in [2.05, 4.69) is 20.0 Å². The Morgan fingerprint density at radius 2 is 2.32 bits per heavy atom. The Morgan fingerprint density at radius 1 is 1.53 bits per heavy atom. The molecule has 0 bridgehead atoms. The van der Waals surface area contributed by atoms with Gasteiger partial charge in [0, 0.05) is 18.8 Å². The van der Waals surface area contributed by atoms with Crippen LogP contribution in [0, 0.1) is 0 Å². The molecule has 1 aliphatic heterocycles. The first-order chi connectivity index (χ1) is 9.03. The zero-order valence-electron chi connectivity index (χ0n) is 10.8. The van der Waals surface area contributed by atoms with Crippen molar-refractivity contribution in [1.29, 1.82) is 0 Å². The minimum atomic E-state index is -3.50. The second-order valence-corrected chi connectivity index (χ2v) is 6.42. The highest BCUT2D eigenvalue weighted by Crippen LogP contribution is 2.15. The van der Waals surface area contributed by atoms with Crippen LogP contribution >= 0.6 is 0 Å². The minimum absolute atomic E-state index is 0.146. The van der Waals surface area contributed by atoms with E-state index in [0.29, 0.717) is 12.4 Å². The van der Waals surface area contributed by atoms with Crippen molar-refractivity contribution >= 4 is 15.8 Å². The molecule has 1 unspecified atom stereocenters. The van der Waals surface area contributed by atoms with E-state index in [1.54, 1.807) is 0 Å². The molecule has 8 heteroatoms. The van der Waals surface area contributed by atoms with Crippen molar-refractivity contribution in [2.24, 2.45) is 5.84 Å². The lowest BCUT2D eigenvalue weighted by Gasteiger charge is -2.19. The van der Waals surface area contributed by atoms with Crippen molar-refractivity contribution in [2.45, 2.75) is 23.8 Å². The van der Waals surface area contributed by atoms with Crippen LogP contribution in [-0.4, -0.2) is 44.5 Å². The fourth-order valence-electron chi connectivity index (χ4n) is 2.15. The van der Waals surface area contributed by atoms with Gasteiger partial charge in [0.05, 0.1) is 0 Å². The zero-order chi connectivity index (χ0) is 13.9. The predicted molar refractivity (Wildman–Crippen MR) is 72.9 cm³/mol. The number of likely N-dealkylation sites (tertiary alicyclic amines) is 1. The molecule has 0 aliphatic carbocycles. The number of anilines is 1. The van der Waals surface area contributed by atoms with E-state index in [9.17, 15) is 8.42 Å². The lowest BCUT2D eigenvalue weighted by molar-refractivity contribution is 0.311. The molecule has 19 heavy (non-hydrogen) atoms. The molecule has 0 spiro atoms. The number of sulfonamides is 1. The van der Waals surface area contributed by atoms with Gasteiger partial charge in [0.2, 0.25) is 10.0 Å². The molecular formula is C11H19N5O2S. The van der Waals surface area contributed by atoms with Crippen LogP contribution in [0.2, 0.25) is 0 Å². The van der Waals surface area contributed by atoms with Crippen LogP contribution < -0.4 is 16.0 Å². The van der Waals surface area contributed by atoms with Gasteiger partial charge in [-0.25, -0.2) is 24.0 Å². The van der Waals surface area contributed by atoms with E-state index in [1.165, 1.54) is 18.3 Å². The zero-order valence-corrected chi connectivity index (χ0v) is 11.7. The Balaban J connectivity index is 2.01. The van der Waals surface area contributed by atoms with Crippen molar-refractivity contribution in [1.82, 2.24) is 14.6 Å². The largest absolute Gasteiger partial charge is 0.308 e. The normalized spacial score (nSPS) is 20.6. The van der Waals surface area contributed by atoms with Gasteiger partial charge in [-0.3, -0.25) is 0 Å². The maximum absolute atomic E-state index is 12.1. The molecule has 1 atom stereocenters. The first-order valence-electron chi connectivity index (χ1n) is 6.15. The first-order valence-corrected chi connectivity index (χ1v) is 7.64. The summed E-state index contributed by atoms with van der Waals surface area (Å²) in [6.45, 7) is 1.44. The summed E-state index contributed by atoms with van der Waals surface area (Å²) >= 11 is 0. The third-order valence-electron chi connectivity index (χ3n) is 3.38. The van der Waals surface area contributed by atoms with Gasteiger partial charge in [0.25, 0.3) is 0 Å². The third kappa shape index (κ3) is 3.41. The molecule has 1 aromatic heterocycles. The quantitative estimate of drug-likeness (QED) is 0.509. The molecule has 0 aromatic carbocycles. The van der Waals surface area contributed by atoms with Crippen molar-refractivity contribution < 1.29 is 8.42 Å². The van der Waals surface area contributed by atoms with E-state index in [0.717, 1.165) is 19.4 Å². The van der Waals surface area contributed by atoms with Crippen LogP contribution in [0.4, 0.5) is 5.82 Å². The molecule has 2 rings (SSSR count). The van der Waals surface area contributed by atoms with Gasteiger partial charge < -0.3 is 10.3 Å². The number of likely N-dealkylation sites (N-methyl/N-ethyl adjacent to an activating group) is 1. The molecule has 1 saturated heterocycles. The number of aromatic nitrogens is 1. The van der Waals surface area contributed by atoms with Crippen molar-refractivity contribution in [3.63, 3.8) is 0 Å². The summed E-state index contributed by atoms with van der Waals surface area (Å²) in [5.74, 6) is 5.61. The predicted octanol–water partition coefficient (Wildman–Crippen LogP) is -0.260. The summed E-state index contributed by atoms with van der Waals surface area (Å²) in [4.78, 5) is 6.21. The van der Waals surface area contributed by atoms with Gasteiger partial charge >= 0.3 is 0 Å². The Labute approximate surface area is 113 Å². The fraction of sp³-hybridized carbons (Fsp3) is 0.545. The van der Waals surface area contributed by atoms with E-state index < -0.39 is 10.0 Å². The van der Waals surface area contributed by atoms with Crippen molar-refractivity contribution in [3.8, 4) is 0 Å². The monoisotopic (exact) mass is 285 g/mol. The topological polar surface area (TPSA) is 100 Å². The molecule has 0 saturated carbocycles. The minimum Gasteiger partial charge on any atom is -0.308 e. The maximum Gasteiger partial charge on any atom is 0.242 e. The van der Waals surface area contributed by atoms with Gasteiger partial charge in [0.1, 0.15) is 10.7 Å². The van der Waals surface area contributed by atoms with E-state index in [1.807, 2.05) is 7.05 Å². The number of hydrogen-bond acceptors (Lipinski definition) is 6. The highest BCUT2D eigenvalue weighted by atomic mass is 32.2.